The van der Waals surface area contributed by atoms with Crippen LogP contribution in [0.4, 0.5) is 10.1 Å². The second-order valence-corrected chi connectivity index (χ2v) is 13.9. The Morgan fingerprint density at radius 2 is 1.69 bits per heavy atom. The zero-order valence-electron chi connectivity index (χ0n) is 26.3. The lowest BCUT2D eigenvalue weighted by Crippen LogP contribution is -2.40. The molecule has 3 aromatic carbocycles. The topological polar surface area (TPSA) is 101 Å². The van der Waals surface area contributed by atoms with E-state index in [4.69, 9.17) is 19.2 Å². The molecule has 1 saturated heterocycles. The summed E-state index contributed by atoms with van der Waals surface area (Å²) in [6.07, 6.45) is 0.234. The van der Waals surface area contributed by atoms with Crippen molar-refractivity contribution in [1.82, 2.24) is 9.88 Å². The van der Waals surface area contributed by atoms with Crippen molar-refractivity contribution in [3.8, 4) is 17.4 Å². The zero-order chi connectivity index (χ0) is 32.4. The van der Waals surface area contributed by atoms with Gasteiger partial charge in [-0.15, -0.1) is 0 Å². The SMILES string of the molecule is COc1cccc([C@H](c2cc3cc(N4CCS(=O)(=O)CC4)ccc3nc2OC)[C@@](O)(CCN(C)C)c2cccc(F)c2)c1OC. The van der Waals surface area contributed by atoms with Crippen LogP contribution in [0.5, 0.6) is 17.4 Å². The molecular formula is C34H40FN3O6S. The van der Waals surface area contributed by atoms with Gasteiger partial charge >= 0.3 is 0 Å². The number of hydrogen-bond acceptors (Lipinski definition) is 9. The van der Waals surface area contributed by atoms with Gasteiger partial charge in [0.05, 0.1) is 44.3 Å². The van der Waals surface area contributed by atoms with Gasteiger partial charge in [-0.1, -0.05) is 24.3 Å². The molecule has 0 spiro atoms. The van der Waals surface area contributed by atoms with E-state index < -0.39 is 27.2 Å². The molecule has 0 amide bonds. The van der Waals surface area contributed by atoms with Crippen molar-refractivity contribution in [2.24, 2.45) is 0 Å². The van der Waals surface area contributed by atoms with Crippen molar-refractivity contribution in [2.45, 2.75) is 17.9 Å². The standard InChI is InChI=1S/C34H40FN3O6S/c1-37(2)15-14-34(39,24-8-6-9-25(35)22-24)31(27-10-7-11-30(42-3)32(27)43-4)28-21-23-20-26(12-13-29(23)36-33(28)44-5)38-16-18-45(40,41)19-17-38/h6-13,20-22,31,39H,14-19H2,1-5H3/t31-,34-/m1/s1. The Bertz CT molecular complexity index is 1770. The Kier molecular flexibility index (Phi) is 9.52. The van der Waals surface area contributed by atoms with Gasteiger partial charge in [0.15, 0.2) is 21.3 Å². The molecule has 9 nitrogen and oxygen atoms in total. The van der Waals surface area contributed by atoms with Crippen molar-refractivity contribution in [3.63, 3.8) is 0 Å². The molecule has 0 saturated carbocycles. The number of sulfone groups is 1. The summed E-state index contributed by atoms with van der Waals surface area (Å²) < 4.78 is 56.4. The first kappa shape index (κ1) is 32.5. The number of aromatic nitrogens is 1. The third-order valence-corrected chi connectivity index (χ3v) is 10.1. The molecule has 0 bridgehead atoms. The summed E-state index contributed by atoms with van der Waals surface area (Å²) in [5, 5.41) is 13.7. The molecule has 2 heterocycles. The second kappa shape index (κ2) is 13.2. The van der Waals surface area contributed by atoms with E-state index in [1.54, 1.807) is 32.4 Å². The van der Waals surface area contributed by atoms with Crippen LogP contribution in [0.2, 0.25) is 0 Å². The summed E-state index contributed by atoms with van der Waals surface area (Å²) >= 11 is 0. The fraction of sp³-hybridized carbons (Fsp3) is 0.382. The summed E-state index contributed by atoms with van der Waals surface area (Å²) in [4.78, 5) is 8.88. The number of rotatable bonds is 11. The molecule has 1 fully saturated rings. The number of aliphatic hydroxyl groups is 1. The van der Waals surface area contributed by atoms with Gasteiger partial charge in [0, 0.05) is 41.8 Å². The highest BCUT2D eigenvalue weighted by molar-refractivity contribution is 7.91. The minimum Gasteiger partial charge on any atom is -0.493 e. The van der Waals surface area contributed by atoms with Crippen LogP contribution in [0.1, 0.15) is 29.0 Å². The minimum atomic E-state index is -3.04. The number of pyridine rings is 1. The Balaban J connectivity index is 1.78. The number of anilines is 1. The van der Waals surface area contributed by atoms with Crippen LogP contribution in [-0.2, 0) is 15.4 Å². The highest BCUT2D eigenvalue weighted by atomic mass is 32.2. The molecule has 240 valence electrons. The molecule has 11 heteroatoms. The Morgan fingerprint density at radius 1 is 0.956 bits per heavy atom. The van der Waals surface area contributed by atoms with Gasteiger partial charge in [0.1, 0.15) is 11.4 Å². The summed E-state index contributed by atoms with van der Waals surface area (Å²) in [5.74, 6) is 0.0834. The maximum absolute atomic E-state index is 14.8. The highest BCUT2D eigenvalue weighted by Crippen LogP contribution is 2.51. The number of methoxy groups -OCH3 is 3. The lowest BCUT2D eigenvalue weighted by atomic mass is 9.71. The monoisotopic (exact) mass is 637 g/mol. The van der Waals surface area contributed by atoms with Crippen LogP contribution < -0.4 is 19.1 Å². The molecule has 1 aromatic heterocycles. The van der Waals surface area contributed by atoms with Crippen molar-refractivity contribution in [3.05, 3.63) is 89.2 Å². The maximum atomic E-state index is 14.8. The fourth-order valence-corrected chi connectivity index (χ4v) is 7.33. The van der Waals surface area contributed by atoms with Gasteiger partial charge in [0.25, 0.3) is 0 Å². The Morgan fingerprint density at radius 3 is 2.33 bits per heavy atom. The van der Waals surface area contributed by atoms with E-state index >= 15 is 0 Å². The van der Waals surface area contributed by atoms with E-state index in [0.29, 0.717) is 59.2 Å². The van der Waals surface area contributed by atoms with E-state index in [2.05, 4.69) is 0 Å². The Labute approximate surface area is 264 Å². The average Bonchev–Trinajstić information content (AvgIpc) is 3.03. The van der Waals surface area contributed by atoms with Gasteiger partial charge in [-0.2, -0.15) is 0 Å². The van der Waals surface area contributed by atoms with E-state index in [1.807, 2.05) is 60.3 Å². The van der Waals surface area contributed by atoms with E-state index in [-0.39, 0.29) is 17.9 Å². The number of para-hydroxylation sites is 1. The first-order valence-corrected chi connectivity index (χ1v) is 16.6. The van der Waals surface area contributed by atoms with Crippen molar-refractivity contribution in [1.29, 1.82) is 0 Å². The van der Waals surface area contributed by atoms with Crippen molar-refractivity contribution >= 4 is 26.4 Å². The molecule has 1 aliphatic heterocycles. The van der Waals surface area contributed by atoms with Crippen LogP contribution in [-0.4, -0.2) is 90.0 Å². The van der Waals surface area contributed by atoms with Crippen LogP contribution in [0, 0.1) is 5.82 Å². The Hall–Kier alpha value is -3.93. The normalized spacial score (nSPS) is 16.8. The minimum absolute atomic E-state index is 0.0986. The maximum Gasteiger partial charge on any atom is 0.217 e. The third kappa shape index (κ3) is 6.70. The third-order valence-electron chi connectivity index (χ3n) is 8.49. The molecule has 0 aliphatic carbocycles. The predicted octanol–water partition coefficient (Wildman–Crippen LogP) is 4.61. The lowest BCUT2D eigenvalue weighted by Gasteiger charge is -2.39. The molecule has 0 unspecified atom stereocenters. The van der Waals surface area contributed by atoms with Gasteiger partial charge in [-0.05, 0) is 68.5 Å². The number of hydrogen-bond donors (Lipinski definition) is 1. The summed E-state index contributed by atoms with van der Waals surface area (Å²) in [7, 11) is 5.41. The highest BCUT2D eigenvalue weighted by Gasteiger charge is 2.44. The fourth-order valence-electron chi connectivity index (χ4n) is 6.13. The molecule has 1 N–H and O–H groups in total. The summed E-state index contributed by atoms with van der Waals surface area (Å²) in [5.41, 5.74) is 1.46. The molecule has 1 aliphatic rings. The van der Waals surface area contributed by atoms with E-state index in [9.17, 15) is 17.9 Å². The van der Waals surface area contributed by atoms with Crippen molar-refractivity contribution in [2.75, 3.05) is 71.5 Å². The molecule has 5 rings (SSSR count). The number of benzene rings is 3. The van der Waals surface area contributed by atoms with Gasteiger partial charge in [0.2, 0.25) is 5.88 Å². The average molecular weight is 638 g/mol. The first-order chi connectivity index (χ1) is 21.5. The van der Waals surface area contributed by atoms with Crippen LogP contribution in [0.25, 0.3) is 10.9 Å². The van der Waals surface area contributed by atoms with Gasteiger partial charge in [-0.3, -0.25) is 0 Å². The number of fused-ring (bicyclic) bond motifs is 1. The number of halogens is 1. The predicted molar refractivity (Wildman–Crippen MR) is 174 cm³/mol. The van der Waals surface area contributed by atoms with E-state index in [0.717, 1.165) is 11.1 Å². The number of nitrogens with zero attached hydrogens (tertiary/aromatic N) is 3. The summed E-state index contributed by atoms with van der Waals surface area (Å²) in [6, 6.07) is 19.2. The van der Waals surface area contributed by atoms with Gasteiger partial charge in [-0.25, -0.2) is 17.8 Å². The first-order valence-electron chi connectivity index (χ1n) is 14.8. The number of ether oxygens (including phenoxy) is 3. The van der Waals surface area contributed by atoms with Gasteiger partial charge < -0.3 is 29.1 Å². The molecule has 4 aromatic rings. The molecule has 2 atom stereocenters. The lowest BCUT2D eigenvalue weighted by molar-refractivity contribution is 0.00290. The van der Waals surface area contributed by atoms with Crippen LogP contribution in [0.15, 0.2) is 66.7 Å². The molecule has 0 radical (unpaired) electrons. The zero-order valence-corrected chi connectivity index (χ0v) is 27.1. The largest absolute Gasteiger partial charge is 0.493 e. The quantitative estimate of drug-likeness (QED) is 0.253. The van der Waals surface area contributed by atoms with E-state index in [1.165, 1.54) is 19.2 Å². The molecular weight excluding hydrogens is 597 g/mol. The smallest absolute Gasteiger partial charge is 0.217 e. The van der Waals surface area contributed by atoms with Crippen LogP contribution >= 0.6 is 0 Å². The van der Waals surface area contributed by atoms with Crippen LogP contribution in [0.3, 0.4) is 0 Å². The molecule has 45 heavy (non-hydrogen) atoms. The second-order valence-electron chi connectivity index (χ2n) is 11.6. The van der Waals surface area contributed by atoms with Crippen molar-refractivity contribution < 1.29 is 32.1 Å². The summed E-state index contributed by atoms with van der Waals surface area (Å²) in [6.45, 7) is 1.29.